The highest BCUT2D eigenvalue weighted by Crippen LogP contribution is 1.95. The second-order valence-corrected chi connectivity index (χ2v) is 2.82. The Morgan fingerprint density at radius 2 is 1.54 bits per heavy atom. The van der Waals surface area contributed by atoms with E-state index in [1.165, 1.54) is 5.57 Å². The molecule has 0 aliphatic rings. The molecule has 1 nitrogen and oxygen atoms in total. The normalized spacial score (nSPS) is 14.4. The van der Waals surface area contributed by atoms with Gasteiger partial charge in [-0.15, -0.1) is 0 Å². The van der Waals surface area contributed by atoms with Crippen molar-refractivity contribution < 1.29 is 4.79 Å². The van der Waals surface area contributed by atoms with Gasteiger partial charge >= 0.3 is 0 Å². The Hall–Kier alpha value is -1.37. The summed E-state index contributed by atoms with van der Waals surface area (Å²) in [5.41, 5.74) is 1.92. The molecule has 0 heterocycles. The Balaban J connectivity index is 4.15. The molecular formula is C12H16O. The first-order valence-corrected chi connectivity index (χ1v) is 4.30. The van der Waals surface area contributed by atoms with Crippen LogP contribution in [0.5, 0.6) is 0 Å². The van der Waals surface area contributed by atoms with Crippen molar-refractivity contribution in [2.75, 3.05) is 0 Å². The lowest BCUT2D eigenvalue weighted by Crippen LogP contribution is -1.72. The SMILES string of the molecule is C/C=C/C(C)=C/C=C/C=C(\C)C=O. The maximum Gasteiger partial charge on any atom is 0.145 e. The minimum atomic E-state index is 0.730. The topological polar surface area (TPSA) is 17.1 Å². The summed E-state index contributed by atoms with van der Waals surface area (Å²) in [6, 6.07) is 0. The molecule has 0 radical (unpaired) electrons. The lowest BCUT2D eigenvalue weighted by atomic mass is 10.2. The van der Waals surface area contributed by atoms with Crippen molar-refractivity contribution in [2.24, 2.45) is 0 Å². The van der Waals surface area contributed by atoms with Gasteiger partial charge in [0.2, 0.25) is 0 Å². The Morgan fingerprint density at radius 1 is 1.00 bits per heavy atom. The summed E-state index contributed by atoms with van der Waals surface area (Å²) >= 11 is 0. The minimum Gasteiger partial charge on any atom is -0.298 e. The molecule has 0 fully saturated rings. The highest BCUT2D eigenvalue weighted by Gasteiger charge is 1.78. The molecule has 0 aromatic heterocycles. The van der Waals surface area contributed by atoms with Crippen molar-refractivity contribution in [3.63, 3.8) is 0 Å². The molecule has 0 atom stereocenters. The summed E-state index contributed by atoms with van der Waals surface area (Å²) in [6.45, 7) is 5.79. The summed E-state index contributed by atoms with van der Waals surface area (Å²) in [4.78, 5) is 10.2. The van der Waals surface area contributed by atoms with Crippen LogP contribution in [0.4, 0.5) is 0 Å². The summed E-state index contributed by atoms with van der Waals surface area (Å²) in [5, 5.41) is 0. The van der Waals surface area contributed by atoms with Crippen LogP contribution in [0.15, 0.2) is 47.6 Å². The maximum absolute atomic E-state index is 10.2. The first-order chi connectivity index (χ1) is 6.20. The lowest BCUT2D eigenvalue weighted by Gasteiger charge is -1.85. The van der Waals surface area contributed by atoms with E-state index in [1.54, 1.807) is 13.0 Å². The Labute approximate surface area is 80.2 Å². The first-order valence-electron chi connectivity index (χ1n) is 4.30. The molecule has 0 rings (SSSR count). The maximum atomic E-state index is 10.2. The molecule has 0 N–H and O–H groups in total. The van der Waals surface area contributed by atoms with E-state index in [2.05, 4.69) is 0 Å². The van der Waals surface area contributed by atoms with Crippen molar-refractivity contribution in [3.05, 3.63) is 47.6 Å². The molecule has 0 saturated heterocycles. The van der Waals surface area contributed by atoms with Gasteiger partial charge in [-0.05, 0) is 26.3 Å². The van der Waals surface area contributed by atoms with Crippen LogP contribution in [0, 0.1) is 0 Å². The third-order valence-electron chi connectivity index (χ3n) is 1.44. The molecule has 70 valence electrons. The lowest BCUT2D eigenvalue weighted by molar-refractivity contribution is -0.104. The molecule has 0 amide bonds. The van der Waals surface area contributed by atoms with E-state index in [1.807, 2.05) is 44.2 Å². The van der Waals surface area contributed by atoms with E-state index in [4.69, 9.17) is 0 Å². The standard InChI is InChI=1S/C12H16O/c1-4-7-11(2)8-5-6-9-12(3)10-13/h4-10H,1-3H3/b6-5+,7-4+,11-8+,12-9+. The van der Waals surface area contributed by atoms with E-state index in [-0.39, 0.29) is 0 Å². The van der Waals surface area contributed by atoms with Gasteiger partial charge in [-0.2, -0.15) is 0 Å². The average Bonchev–Trinajstić information content (AvgIpc) is 2.12. The van der Waals surface area contributed by atoms with Gasteiger partial charge in [0, 0.05) is 0 Å². The minimum absolute atomic E-state index is 0.730. The monoisotopic (exact) mass is 176 g/mol. The van der Waals surface area contributed by atoms with Gasteiger partial charge in [-0.3, -0.25) is 4.79 Å². The van der Waals surface area contributed by atoms with Crippen molar-refractivity contribution in [3.8, 4) is 0 Å². The largest absolute Gasteiger partial charge is 0.298 e. The quantitative estimate of drug-likeness (QED) is 0.365. The van der Waals surface area contributed by atoms with Crippen molar-refractivity contribution >= 4 is 6.29 Å². The van der Waals surface area contributed by atoms with E-state index >= 15 is 0 Å². The Kier molecular flexibility index (Phi) is 6.52. The number of rotatable bonds is 4. The molecule has 0 aromatic carbocycles. The molecular weight excluding hydrogens is 160 g/mol. The van der Waals surface area contributed by atoms with Crippen LogP contribution in [0.25, 0.3) is 0 Å². The molecule has 0 unspecified atom stereocenters. The first kappa shape index (κ1) is 11.6. The molecule has 13 heavy (non-hydrogen) atoms. The predicted octanol–water partition coefficient (Wildman–Crippen LogP) is 3.21. The molecule has 1 heteroatoms. The molecule has 0 aliphatic heterocycles. The number of carbonyl (C=O) groups is 1. The van der Waals surface area contributed by atoms with Crippen LogP contribution in [-0.4, -0.2) is 6.29 Å². The van der Waals surface area contributed by atoms with E-state index in [0.29, 0.717) is 0 Å². The van der Waals surface area contributed by atoms with Crippen LogP contribution < -0.4 is 0 Å². The third kappa shape index (κ3) is 7.01. The van der Waals surface area contributed by atoms with Crippen LogP contribution in [0.3, 0.4) is 0 Å². The fourth-order valence-corrected chi connectivity index (χ4v) is 0.772. The van der Waals surface area contributed by atoms with Gasteiger partial charge in [0.25, 0.3) is 0 Å². The van der Waals surface area contributed by atoms with Crippen molar-refractivity contribution in [2.45, 2.75) is 20.8 Å². The van der Waals surface area contributed by atoms with E-state index < -0.39 is 0 Å². The summed E-state index contributed by atoms with van der Waals surface area (Å²) in [5.74, 6) is 0. The summed E-state index contributed by atoms with van der Waals surface area (Å²) < 4.78 is 0. The second kappa shape index (κ2) is 7.29. The third-order valence-corrected chi connectivity index (χ3v) is 1.44. The fraction of sp³-hybridized carbons (Fsp3) is 0.250. The average molecular weight is 176 g/mol. The van der Waals surface area contributed by atoms with E-state index in [9.17, 15) is 4.79 Å². The van der Waals surface area contributed by atoms with Crippen LogP contribution in [0.2, 0.25) is 0 Å². The van der Waals surface area contributed by atoms with Gasteiger partial charge in [0.15, 0.2) is 0 Å². The summed E-state index contributed by atoms with van der Waals surface area (Å²) in [6.07, 6.45) is 12.4. The molecule has 0 spiro atoms. The molecule has 0 bridgehead atoms. The highest BCUT2D eigenvalue weighted by atomic mass is 16.1. The van der Waals surface area contributed by atoms with Crippen LogP contribution >= 0.6 is 0 Å². The number of allylic oxidation sites excluding steroid dienone is 8. The van der Waals surface area contributed by atoms with Gasteiger partial charge < -0.3 is 0 Å². The Bertz CT molecular complexity index is 265. The van der Waals surface area contributed by atoms with E-state index in [0.717, 1.165) is 11.9 Å². The van der Waals surface area contributed by atoms with Crippen molar-refractivity contribution in [1.29, 1.82) is 0 Å². The van der Waals surface area contributed by atoms with Gasteiger partial charge in [0.1, 0.15) is 6.29 Å². The number of hydrogen-bond acceptors (Lipinski definition) is 1. The summed E-state index contributed by atoms with van der Waals surface area (Å²) in [7, 11) is 0. The smallest absolute Gasteiger partial charge is 0.145 e. The van der Waals surface area contributed by atoms with Gasteiger partial charge in [0.05, 0.1) is 0 Å². The molecule has 0 saturated carbocycles. The second-order valence-electron chi connectivity index (χ2n) is 2.82. The highest BCUT2D eigenvalue weighted by molar-refractivity contribution is 5.72. The zero-order chi connectivity index (χ0) is 10.1. The van der Waals surface area contributed by atoms with Crippen molar-refractivity contribution in [1.82, 2.24) is 0 Å². The zero-order valence-electron chi connectivity index (χ0n) is 8.45. The number of aldehydes is 1. The number of hydrogen-bond donors (Lipinski definition) is 0. The van der Waals surface area contributed by atoms with Gasteiger partial charge in [-0.25, -0.2) is 0 Å². The van der Waals surface area contributed by atoms with Crippen LogP contribution in [0.1, 0.15) is 20.8 Å². The zero-order valence-corrected chi connectivity index (χ0v) is 8.45. The molecule has 0 aromatic rings. The Morgan fingerprint density at radius 3 is 2.00 bits per heavy atom. The fourth-order valence-electron chi connectivity index (χ4n) is 0.772. The molecule has 0 aliphatic carbocycles. The van der Waals surface area contributed by atoms with Crippen LogP contribution in [-0.2, 0) is 4.79 Å². The predicted molar refractivity (Wildman–Crippen MR) is 57.5 cm³/mol. The number of carbonyl (C=O) groups excluding carboxylic acids is 1. The van der Waals surface area contributed by atoms with Gasteiger partial charge in [-0.1, -0.05) is 42.0 Å².